The zero-order valence-electron chi connectivity index (χ0n) is 23.8. The summed E-state index contributed by atoms with van der Waals surface area (Å²) in [4.78, 5) is 39.8. The van der Waals surface area contributed by atoms with Gasteiger partial charge in [0, 0.05) is 34.2 Å². The predicted octanol–water partition coefficient (Wildman–Crippen LogP) is 7.85. The Morgan fingerprint density at radius 2 is 1.49 bits per heavy atom. The molecule has 0 spiro atoms. The van der Waals surface area contributed by atoms with Crippen LogP contribution in [0, 0.1) is 25.2 Å². The average molecular weight is 608 g/mol. The summed E-state index contributed by atoms with van der Waals surface area (Å²) in [5.41, 5.74) is 4.17. The number of hydrogen-bond acceptors (Lipinski definition) is 5. The van der Waals surface area contributed by atoms with Crippen molar-refractivity contribution in [3.8, 4) is 6.07 Å². The number of rotatable bonds is 11. The van der Waals surface area contributed by atoms with Crippen LogP contribution in [0.25, 0.3) is 0 Å². The van der Waals surface area contributed by atoms with E-state index in [2.05, 4.69) is 16.7 Å². The largest absolute Gasteiger partial charge is 0.325 e. The molecule has 4 rings (SSSR count). The summed E-state index contributed by atoms with van der Waals surface area (Å²) >= 11 is 7.62. The van der Waals surface area contributed by atoms with E-state index in [1.807, 2.05) is 38.1 Å². The van der Waals surface area contributed by atoms with Gasteiger partial charge in [-0.2, -0.15) is 5.26 Å². The molecule has 6 nitrogen and oxygen atoms in total. The summed E-state index contributed by atoms with van der Waals surface area (Å²) in [6, 6.07) is 32.4. The van der Waals surface area contributed by atoms with Gasteiger partial charge in [-0.15, -0.1) is 0 Å². The number of anilines is 1. The number of nitrogens with one attached hydrogen (secondary N) is 2. The molecule has 0 saturated heterocycles. The van der Waals surface area contributed by atoms with E-state index in [4.69, 9.17) is 11.6 Å². The Morgan fingerprint density at radius 1 is 0.860 bits per heavy atom. The highest BCUT2D eigenvalue weighted by Crippen LogP contribution is 2.37. The van der Waals surface area contributed by atoms with Crippen LogP contribution in [0.1, 0.15) is 49.7 Å². The van der Waals surface area contributed by atoms with Crippen molar-refractivity contribution in [1.82, 2.24) is 5.32 Å². The van der Waals surface area contributed by atoms with Gasteiger partial charge in [-0.05, 0) is 54.8 Å². The summed E-state index contributed by atoms with van der Waals surface area (Å²) < 4.78 is 0. The highest BCUT2D eigenvalue weighted by Gasteiger charge is 2.28. The normalized spacial score (nSPS) is 12.0. The number of halogens is 1. The highest BCUT2D eigenvalue weighted by molar-refractivity contribution is 8.03. The molecule has 2 N–H and O–H groups in total. The zero-order chi connectivity index (χ0) is 30.8. The van der Waals surface area contributed by atoms with E-state index in [0.717, 1.165) is 22.9 Å². The standard InChI is InChI=1S/C35H30ClN3O3S/c1-23-17-18-24(2)31(19-23)38-33(41)22-43-35(39-34(42)26-13-7-4-8-14-26)29(21-37)28(27-15-9-10-16-30(27)36)20-32(40)25-11-5-3-6-12-25/h3-19,28H,20,22H2,1-2H3,(H,38,41)(H,39,42)/b35-29+/t28-/m1/s1. The van der Waals surface area contributed by atoms with Gasteiger partial charge in [-0.1, -0.05) is 102 Å². The summed E-state index contributed by atoms with van der Waals surface area (Å²) in [6.07, 6.45) is -0.0728. The Hall–Kier alpha value is -4.64. The molecule has 0 fully saturated rings. The molecule has 216 valence electrons. The van der Waals surface area contributed by atoms with E-state index in [1.165, 1.54) is 0 Å². The van der Waals surface area contributed by atoms with Crippen LogP contribution in [0.5, 0.6) is 0 Å². The van der Waals surface area contributed by atoms with Crippen LogP contribution in [0.4, 0.5) is 5.69 Å². The third-order valence-corrected chi connectivity index (χ3v) is 8.12. The number of carbonyl (C=O) groups excluding carboxylic acids is 3. The second-order valence-electron chi connectivity index (χ2n) is 9.90. The molecule has 0 saturated carbocycles. The first-order chi connectivity index (χ1) is 20.8. The van der Waals surface area contributed by atoms with Crippen molar-refractivity contribution < 1.29 is 14.4 Å². The molecular weight excluding hydrogens is 578 g/mol. The topological polar surface area (TPSA) is 99.1 Å². The minimum Gasteiger partial charge on any atom is -0.325 e. The molecule has 0 aliphatic heterocycles. The van der Waals surface area contributed by atoms with Crippen molar-refractivity contribution in [3.63, 3.8) is 0 Å². The molecule has 0 heterocycles. The molecule has 43 heavy (non-hydrogen) atoms. The lowest BCUT2D eigenvalue weighted by Gasteiger charge is -2.21. The monoisotopic (exact) mass is 607 g/mol. The fourth-order valence-electron chi connectivity index (χ4n) is 4.48. The lowest BCUT2D eigenvalue weighted by molar-refractivity contribution is -0.113. The van der Waals surface area contributed by atoms with Gasteiger partial charge in [0.1, 0.15) is 0 Å². The number of carbonyl (C=O) groups is 3. The molecule has 8 heteroatoms. The van der Waals surface area contributed by atoms with Crippen molar-refractivity contribution in [1.29, 1.82) is 5.26 Å². The fourth-order valence-corrected chi connectivity index (χ4v) is 5.60. The third-order valence-electron chi connectivity index (χ3n) is 6.76. The van der Waals surface area contributed by atoms with Crippen LogP contribution in [-0.2, 0) is 4.79 Å². The second kappa shape index (κ2) is 15.0. The molecule has 0 unspecified atom stereocenters. The number of allylic oxidation sites excluding steroid dienone is 1. The molecule has 1 atom stereocenters. The van der Waals surface area contributed by atoms with Crippen molar-refractivity contribution in [2.75, 3.05) is 11.1 Å². The van der Waals surface area contributed by atoms with E-state index in [0.29, 0.717) is 27.4 Å². The molecule has 0 aromatic heterocycles. The van der Waals surface area contributed by atoms with E-state index >= 15 is 0 Å². The van der Waals surface area contributed by atoms with E-state index in [1.54, 1.807) is 78.9 Å². The molecule has 4 aromatic carbocycles. The van der Waals surface area contributed by atoms with Crippen molar-refractivity contribution in [2.45, 2.75) is 26.2 Å². The van der Waals surface area contributed by atoms with Gasteiger partial charge in [0.2, 0.25) is 5.91 Å². The lowest BCUT2D eigenvalue weighted by atomic mass is 9.86. The Morgan fingerprint density at radius 3 is 2.14 bits per heavy atom. The van der Waals surface area contributed by atoms with E-state index in [-0.39, 0.29) is 34.5 Å². The molecular formula is C35H30ClN3O3S. The maximum absolute atomic E-state index is 13.4. The van der Waals surface area contributed by atoms with Gasteiger partial charge in [0.15, 0.2) is 5.78 Å². The maximum atomic E-state index is 13.4. The second-order valence-corrected chi connectivity index (χ2v) is 11.3. The average Bonchev–Trinajstić information content (AvgIpc) is 3.02. The first-order valence-electron chi connectivity index (χ1n) is 13.6. The van der Waals surface area contributed by atoms with Gasteiger partial charge >= 0.3 is 0 Å². The van der Waals surface area contributed by atoms with Crippen molar-refractivity contribution >= 4 is 46.6 Å². The minimum absolute atomic E-state index is 0.0728. The van der Waals surface area contributed by atoms with Crippen LogP contribution in [0.2, 0.25) is 5.02 Å². The zero-order valence-corrected chi connectivity index (χ0v) is 25.3. The maximum Gasteiger partial charge on any atom is 0.256 e. The fraction of sp³-hybridized carbons (Fsp3) is 0.143. The molecule has 0 aliphatic rings. The van der Waals surface area contributed by atoms with E-state index < -0.39 is 11.8 Å². The first kappa shape index (κ1) is 31.3. The number of ketones is 1. The highest BCUT2D eigenvalue weighted by atomic mass is 35.5. The van der Waals surface area contributed by atoms with Crippen LogP contribution in [0.3, 0.4) is 0 Å². The Labute approximate surface area is 260 Å². The smallest absolute Gasteiger partial charge is 0.256 e. The molecule has 0 aliphatic carbocycles. The van der Waals surface area contributed by atoms with Crippen molar-refractivity contribution in [3.05, 3.63) is 147 Å². The number of aryl methyl sites for hydroxylation is 2. The SMILES string of the molecule is Cc1ccc(C)c(NC(=O)CS/C(NC(=O)c2ccccc2)=C(\C#N)[C@H](CC(=O)c2ccccc2)c2ccccc2Cl)c1. The summed E-state index contributed by atoms with van der Waals surface area (Å²) in [6.45, 7) is 3.84. The van der Waals surface area contributed by atoms with Gasteiger partial charge in [0.25, 0.3) is 5.91 Å². The Kier molecular flexibility index (Phi) is 10.9. The van der Waals surface area contributed by atoms with Gasteiger partial charge in [0.05, 0.1) is 22.4 Å². The number of benzene rings is 4. The molecule has 0 bridgehead atoms. The van der Waals surface area contributed by atoms with Crippen LogP contribution < -0.4 is 10.6 Å². The number of hydrogen-bond donors (Lipinski definition) is 2. The Bertz CT molecular complexity index is 1700. The van der Waals surface area contributed by atoms with Crippen LogP contribution in [0.15, 0.2) is 114 Å². The summed E-state index contributed by atoms with van der Waals surface area (Å²) in [7, 11) is 0. The summed E-state index contributed by atoms with van der Waals surface area (Å²) in [5.74, 6) is -1.82. The van der Waals surface area contributed by atoms with Crippen LogP contribution >= 0.6 is 23.4 Å². The lowest BCUT2D eigenvalue weighted by Crippen LogP contribution is -2.26. The number of nitrogens with zero attached hydrogens (tertiary/aromatic N) is 1. The molecule has 2 amide bonds. The quantitative estimate of drug-likeness (QED) is 0.134. The molecule has 4 aromatic rings. The molecule has 0 radical (unpaired) electrons. The van der Waals surface area contributed by atoms with Gasteiger partial charge < -0.3 is 10.6 Å². The third kappa shape index (κ3) is 8.45. The first-order valence-corrected chi connectivity index (χ1v) is 15.0. The minimum atomic E-state index is -0.785. The predicted molar refractivity (Wildman–Crippen MR) is 173 cm³/mol. The Balaban J connectivity index is 1.73. The number of nitriles is 1. The van der Waals surface area contributed by atoms with E-state index in [9.17, 15) is 19.6 Å². The van der Waals surface area contributed by atoms with Gasteiger partial charge in [-0.3, -0.25) is 14.4 Å². The van der Waals surface area contributed by atoms with Gasteiger partial charge in [-0.25, -0.2) is 0 Å². The number of thioether (sulfide) groups is 1. The van der Waals surface area contributed by atoms with Crippen LogP contribution in [-0.4, -0.2) is 23.4 Å². The van der Waals surface area contributed by atoms with Crippen molar-refractivity contribution in [2.24, 2.45) is 0 Å². The summed E-state index contributed by atoms with van der Waals surface area (Å²) in [5, 5.41) is 16.9. The number of amides is 2. The number of Topliss-reactive ketones (excluding diaryl/α,β-unsaturated/α-hetero) is 1.